The van der Waals surface area contributed by atoms with Crippen LogP contribution >= 0.6 is 0 Å². The Balaban J connectivity index is 1.11. The van der Waals surface area contributed by atoms with Crippen molar-refractivity contribution >= 4 is 0 Å². The van der Waals surface area contributed by atoms with Crippen LogP contribution in [0.5, 0.6) is 0 Å². The van der Waals surface area contributed by atoms with Crippen molar-refractivity contribution in [2.24, 2.45) is 88.3 Å². The molecule has 0 N–H and O–H groups in total. The Bertz CT molecular complexity index is 730. The molecule has 0 saturated heterocycles. The molecule has 9 rings (SSSR count). The van der Waals surface area contributed by atoms with Crippen LogP contribution in [-0.4, -0.2) is 0 Å². The van der Waals surface area contributed by atoms with Crippen molar-refractivity contribution in [3.63, 3.8) is 0 Å². The molecule has 0 aliphatic heterocycles. The number of hydrogen-bond donors (Lipinski definition) is 0. The summed E-state index contributed by atoms with van der Waals surface area (Å²) in [5, 5.41) is 0. The van der Waals surface area contributed by atoms with Gasteiger partial charge >= 0.3 is 0 Å². The molecule has 0 radical (unpaired) electrons. The van der Waals surface area contributed by atoms with Gasteiger partial charge in [0.15, 0.2) is 0 Å². The third-order valence-electron chi connectivity index (χ3n) is 13.2. The lowest BCUT2D eigenvalue weighted by atomic mass is 9.38. The topological polar surface area (TPSA) is 0 Å². The van der Waals surface area contributed by atoms with Crippen LogP contribution in [0.3, 0.4) is 0 Å². The summed E-state index contributed by atoms with van der Waals surface area (Å²) in [5.74, 6) is 16.4. The molecule has 8 saturated carbocycles. The Morgan fingerprint density at radius 3 is 2.15 bits per heavy atom. The van der Waals surface area contributed by atoms with Gasteiger partial charge in [0.05, 0.1) is 0 Å². The number of allylic oxidation sites excluding steroid dienone is 2. The molecular weight excluding hydrogens is 312 g/mol. The standard InChI is InChI=1S/C26H34/c1-2-14-11-26(5-1)22-10-21(25(14)26)23-19-9-20(24(22)23)18-8-16-13-4-3-12(6-13)15(16)7-17(18)19/h3-4,12-25H,1-2,5-11H2. The monoisotopic (exact) mass is 346 g/mol. The van der Waals surface area contributed by atoms with Gasteiger partial charge in [-0.25, -0.2) is 0 Å². The zero-order chi connectivity index (χ0) is 16.4. The molecule has 0 nitrogen and oxygen atoms in total. The van der Waals surface area contributed by atoms with Crippen LogP contribution in [0.15, 0.2) is 12.2 Å². The van der Waals surface area contributed by atoms with E-state index in [9.17, 15) is 0 Å². The van der Waals surface area contributed by atoms with Crippen molar-refractivity contribution < 1.29 is 0 Å². The zero-order valence-electron chi connectivity index (χ0n) is 16.1. The third-order valence-corrected chi connectivity index (χ3v) is 13.2. The fourth-order valence-corrected chi connectivity index (χ4v) is 13.3. The fourth-order valence-electron chi connectivity index (χ4n) is 13.3. The maximum absolute atomic E-state index is 2.64. The SMILES string of the molecule is C1=CC2CC1C1CC3C(CC21)C1CC3C2C3CC(C12)C12CCCC(C1)C32. The van der Waals surface area contributed by atoms with Gasteiger partial charge in [0.2, 0.25) is 0 Å². The normalized spacial score (nSPS) is 75.1. The van der Waals surface area contributed by atoms with E-state index in [1.807, 2.05) is 0 Å². The molecule has 0 amide bonds. The Kier molecular flexibility index (Phi) is 2.15. The van der Waals surface area contributed by atoms with Gasteiger partial charge in [-0.2, -0.15) is 0 Å². The van der Waals surface area contributed by atoms with Gasteiger partial charge in [-0.15, -0.1) is 0 Å². The second-order valence-electron chi connectivity index (χ2n) is 12.9. The lowest BCUT2D eigenvalue weighted by molar-refractivity contribution is -0.180. The number of fused-ring (bicyclic) bond motifs is 20. The van der Waals surface area contributed by atoms with E-state index in [1.165, 1.54) is 59.2 Å². The van der Waals surface area contributed by atoms with Gasteiger partial charge < -0.3 is 0 Å². The molecule has 9 aliphatic rings. The molecule has 26 heavy (non-hydrogen) atoms. The Labute approximate surface area is 158 Å². The first-order valence-electron chi connectivity index (χ1n) is 12.5. The molecule has 0 heteroatoms. The smallest absolute Gasteiger partial charge is 0.0196 e. The van der Waals surface area contributed by atoms with E-state index in [-0.39, 0.29) is 0 Å². The first-order chi connectivity index (χ1) is 12.8. The quantitative estimate of drug-likeness (QED) is 0.385. The summed E-state index contributed by atoms with van der Waals surface area (Å²) >= 11 is 0. The molecule has 0 aromatic rings. The van der Waals surface area contributed by atoms with Crippen molar-refractivity contribution in [2.45, 2.75) is 57.8 Å². The Hall–Kier alpha value is -0.260. The minimum atomic E-state index is 0.918. The average Bonchev–Trinajstić information content (AvgIpc) is 3.45. The second kappa shape index (κ2) is 4.04. The van der Waals surface area contributed by atoms with Gasteiger partial charge in [-0.05, 0) is 133 Å². The highest BCUT2D eigenvalue weighted by molar-refractivity contribution is 5.27. The molecule has 15 atom stereocenters. The van der Waals surface area contributed by atoms with Crippen LogP contribution in [0.4, 0.5) is 0 Å². The van der Waals surface area contributed by atoms with Crippen molar-refractivity contribution in [1.82, 2.24) is 0 Å². The van der Waals surface area contributed by atoms with E-state index in [0.29, 0.717) is 0 Å². The van der Waals surface area contributed by atoms with Crippen molar-refractivity contribution in [3.05, 3.63) is 12.2 Å². The van der Waals surface area contributed by atoms with Crippen molar-refractivity contribution in [3.8, 4) is 0 Å². The predicted octanol–water partition coefficient (Wildman–Crippen LogP) is 5.79. The number of rotatable bonds is 0. The molecular formula is C26H34. The van der Waals surface area contributed by atoms with E-state index in [1.54, 1.807) is 57.8 Å². The summed E-state index contributed by atoms with van der Waals surface area (Å²) in [6.07, 6.45) is 20.1. The minimum Gasteiger partial charge on any atom is -0.0848 e. The first kappa shape index (κ1) is 13.8. The number of hydrogen-bond acceptors (Lipinski definition) is 0. The van der Waals surface area contributed by atoms with E-state index in [2.05, 4.69) is 12.2 Å². The van der Waals surface area contributed by atoms with Crippen molar-refractivity contribution in [2.75, 3.05) is 0 Å². The van der Waals surface area contributed by atoms with Crippen LogP contribution in [0.25, 0.3) is 0 Å². The Morgan fingerprint density at radius 2 is 1.38 bits per heavy atom. The largest absolute Gasteiger partial charge is 0.0848 e. The molecule has 138 valence electrons. The van der Waals surface area contributed by atoms with E-state index in [0.717, 1.165) is 29.1 Å². The third kappa shape index (κ3) is 1.21. The molecule has 8 bridgehead atoms. The average molecular weight is 347 g/mol. The Morgan fingerprint density at radius 1 is 0.654 bits per heavy atom. The van der Waals surface area contributed by atoms with E-state index < -0.39 is 0 Å². The highest BCUT2D eigenvalue weighted by Gasteiger charge is 2.78. The second-order valence-corrected chi connectivity index (χ2v) is 12.9. The van der Waals surface area contributed by atoms with Gasteiger partial charge in [0.25, 0.3) is 0 Å². The van der Waals surface area contributed by atoms with Gasteiger partial charge in [0, 0.05) is 0 Å². The molecule has 8 fully saturated rings. The van der Waals surface area contributed by atoms with Crippen molar-refractivity contribution in [1.29, 1.82) is 0 Å². The van der Waals surface area contributed by atoms with Crippen LogP contribution in [0.1, 0.15) is 57.8 Å². The molecule has 0 aromatic heterocycles. The summed E-state index contributed by atoms with van der Waals surface area (Å²) in [6.45, 7) is 0. The maximum atomic E-state index is 2.64. The zero-order valence-corrected chi connectivity index (χ0v) is 16.1. The molecule has 15 unspecified atom stereocenters. The summed E-state index contributed by atoms with van der Waals surface area (Å²) in [5.41, 5.74) is 0.918. The highest BCUT2D eigenvalue weighted by Crippen LogP contribution is 2.84. The highest BCUT2D eigenvalue weighted by atomic mass is 14.8. The summed E-state index contributed by atoms with van der Waals surface area (Å²) < 4.78 is 0. The lowest BCUT2D eigenvalue weighted by Gasteiger charge is -2.66. The van der Waals surface area contributed by atoms with Gasteiger partial charge in [0.1, 0.15) is 0 Å². The maximum Gasteiger partial charge on any atom is -0.0196 e. The molecule has 9 aliphatic carbocycles. The van der Waals surface area contributed by atoms with Crippen LogP contribution in [0, 0.1) is 88.3 Å². The van der Waals surface area contributed by atoms with E-state index in [4.69, 9.17) is 0 Å². The minimum absolute atomic E-state index is 0.918. The molecule has 0 aromatic carbocycles. The summed E-state index contributed by atoms with van der Waals surface area (Å²) in [6, 6.07) is 0. The lowest BCUT2D eigenvalue weighted by Crippen LogP contribution is -2.60. The van der Waals surface area contributed by atoms with Crippen LogP contribution in [-0.2, 0) is 0 Å². The predicted molar refractivity (Wildman–Crippen MR) is 102 cm³/mol. The summed E-state index contributed by atoms with van der Waals surface area (Å²) in [7, 11) is 0. The van der Waals surface area contributed by atoms with Crippen LogP contribution < -0.4 is 0 Å². The fraction of sp³-hybridized carbons (Fsp3) is 0.923. The molecule has 0 heterocycles. The molecule has 1 spiro atoms. The van der Waals surface area contributed by atoms with Gasteiger partial charge in [-0.1, -0.05) is 25.0 Å². The first-order valence-corrected chi connectivity index (χ1v) is 12.5. The van der Waals surface area contributed by atoms with Gasteiger partial charge in [-0.3, -0.25) is 0 Å². The van der Waals surface area contributed by atoms with E-state index >= 15 is 0 Å². The summed E-state index contributed by atoms with van der Waals surface area (Å²) in [4.78, 5) is 0. The van der Waals surface area contributed by atoms with Crippen LogP contribution in [0.2, 0.25) is 0 Å².